The van der Waals surface area contributed by atoms with E-state index in [1.54, 1.807) is 6.33 Å². The zero-order valence-electron chi connectivity index (χ0n) is 18.7. The van der Waals surface area contributed by atoms with E-state index in [0.717, 1.165) is 57.8 Å². The first-order chi connectivity index (χ1) is 15.5. The summed E-state index contributed by atoms with van der Waals surface area (Å²) in [6, 6.07) is 12.3. The van der Waals surface area contributed by atoms with Gasteiger partial charge in [-0.1, -0.05) is 36.9 Å². The van der Waals surface area contributed by atoms with Crippen molar-refractivity contribution in [2.24, 2.45) is 5.92 Å². The molecule has 5 rings (SSSR count). The van der Waals surface area contributed by atoms with E-state index in [9.17, 15) is 0 Å². The molecule has 1 aliphatic carbocycles. The third-order valence-corrected chi connectivity index (χ3v) is 5.86. The predicted molar refractivity (Wildman–Crippen MR) is 127 cm³/mol. The van der Waals surface area contributed by atoms with Gasteiger partial charge in [0.05, 0.1) is 11.4 Å². The second-order valence-corrected chi connectivity index (χ2v) is 8.50. The summed E-state index contributed by atoms with van der Waals surface area (Å²) in [6.45, 7) is 10.9. The Morgan fingerprint density at radius 2 is 1.84 bits per heavy atom. The van der Waals surface area contributed by atoms with Crippen LogP contribution in [0, 0.1) is 26.7 Å². The Bertz CT molecular complexity index is 1280. The van der Waals surface area contributed by atoms with Crippen LogP contribution in [0.15, 0.2) is 49.3 Å². The van der Waals surface area contributed by atoms with Gasteiger partial charge < -0.3 is 5.32 Å². The molecule has 162 valence electrons. The Balaban J connectivity index is 1.51. The predicted octanol–water partition coefficient (Wildman–Crippen LogP) is 5.25. The van der Waals surface area contributed by atoms with Gasteiger partial charge in [-0.3, -0.25) is 0 Å². The molecular formula is C25H27N7. The molecule has 3 aromatic heterocycles. The van der Waals surface area contributed by atoms with E-state index < -0.39 is 0 Å². The molecule has 32 heavy (non-hydrogen) atoms. The molecular weight excluding hydrogens is 398 g/mol. The van der Waals surface area contributed by atoms with E-state index in [2.05, 4.69) is 62.8 Å². The van der Waals surface area contributed by atoms with Crippen LogP contribution < -0.4 is 5.32 Å². The summed E-state index contributed by atoms with van der Waals surface area (Å²) in [4.78, 5) is 8.88. The van der Waals surface area contributed by atoms with E-state index in [1.807, 2.05) is 36.7 Å². The third kappa shape index (κ3) is 3.93. The maximum atomic E-state index is 4.98. The lowest BCUT2D eigenvalue weighted by Crippen LogP contribution is -2.09. The van der Waals surface area contributed by atoms with Crippen LogP contribution in [0.25, 0.3) is 23.2 Å². The normalized spacial score (nSPS) is 13.3. The summed E-state index contributed by atoms with van der Waals surface area (Å²) in [6.07, 6.45) is 5.94. The fourth-order valence-electron chi connectivity index (χ4n) is 3.95. The van der Waals surface area contributed by atoms with Crippen molar-refractivity contribution in [3.8, 4) is 17.1 Å². The van der Waals surface area contributed by atoms with Gasteiger partial charge in [-0.15, -0.1) is 0 Å². The van der Waals surface area contributed by atoms with Crippen LogP contribution in [0.1, 0.15) is 35.4 Å². The fourth-order valence-corrected chi connectivity index (χ4v) is 3.95. The van der Waals surface area contributed by atoms with Gasteiger partial charge in [0, 0.05) is 29.4 Å². The third-order valence-electron chi connectivity index (χ3n) is 5.86. The Morgan fingerprint density at radius 1 is 1.06 bits per heavy atom. The van der Waals surface area contributed by atoms with Gasteiger partial charge in [-0.05, 0) is 51.2 Å². The Morgan fingerprint density at radius 3 is 2.50 bits per heavy atom. The maximum absolute atomic E-state index is 4.98. The largest absolute Gasteiger partial charge is 0.325 e. The number of anilines is 2. The zero-order valence-corrected chi connectivity index (χ0v) is 18.7. The minimum absolute atomic E-state index is 0.696. The first-order valence-electron chi connectivity index (χ1n) is 10.9. The highest BCUT2D eigenvalue weighted by Gasteiger charge is 2.25. The number of rotatable bonds is 7. The molecule has 1 saturated carbocycles. The molecule has 0 bridgehead atoms. The van der Waals surface area contributed by atoms with Crippen molar-refractivity contribution in [1.29, 1.82) is 0 Å². The maximum Gasteiger partial charge on any atom is 0.159 e. The number of hydrogen-bond acceptors (Lipinski definition) is 5. The van der Waals surface area contributed by atoms with Gasteiger partial charge in [-0.25, -0.2) is 19.3 Å². The minimum Gasteiger partial charge on any atom is -0.325 e. The summed E-state index contributed by atoms with van der Waals surface area (Å²) < 4.78 is 3.93. The van der Waals surface area contributed by atoms with Crippen LogP contribution in [-0.2, 0) is 6.54 Å². The first kappa shape index (κ1) is 20.2. The van der Waals surface area contributed by atoms with Crippen molar-refractivity contribution in [3.05, 3.63) is 71.8 Å². The molecule has 7 nitrogen and oxygen atoms in total. The Kier molecular flexibility index (Phi) is 5.09. The van der Waals surface area contributed by atoms with Gasteiger partial charge in [0.1, 0.15) is 18.0 Å². The number of nitrogens with zero attached hydrogens (tertiary/aromatic N) is 6. The van der Waals surface area contributed by atoms with Crippen molar-refractivity contribution in [3.63, 3.8) is 0 Å². The SMILES string of the molecule is C=Cc1ccc(-c2nn(CC3CC3)c(Nc3cc(-n4nc(C)cc4C)ncn3)c2C)cc1. The molecule has 7 heteroatoms. The fraction of sp³-hybridized carbons (Fsp3) is 0.280. The molecule has 3 heterocycles. The van der Waals surface area contributed by atoms with Gasteiger partial charge in [-0.2, -0.15) is 10.2 Å². The lowest BCUT2D eigenvalue weighted by atomic mass is 10.1. The summed E-state index contributed by atoms with van der Waals surface area (Å²) >= 11 is 0. The number of nitrogens with one attached hydrogen (secondary N) is 1. The topological polar surface area (TPSA) is 73.5 Å². The van der Waals surface area contributed by atoms with Gasteiger partial charge in [0.2, 0.25) is 0 Å². The molecule has 0 aliphatic heterocycles. The molecule has 0 amide bonds. The second kappa shape index (κ2) is 8.07. The van der Waals surface area contributed by atoms with E-state index in [4.69, 9.17) is 5.10 Å². The smallest absolute Gasteiger partial charge is 0.159 e. The summed E-state index contributed by atoms with van der Waals surface area (Å²) in [5, 5.41) is 13.0. The average Bonchev–Trinajstić information content (AvgIpc) is 3.48. The van der Waals surface area contributed by atoms with Crippen LogP contribution in [-0.4, -0.2) is 29.5 Å². The molecule has 1 N–H and O–H groups in total. The number of aryl methyl sites for hydroxylation is 2. The van der Waals surface area contributed by atoms with Crippen LogP contribution in [0.2, 0.25) is 0 Å². The van der Waals surface area contributed by atoms with E-state index in [0.29, 0.717) is 5.92 Å². The Labute approximate surface area is 187 Å². The monoisotopic (exact) mass is 425 g/mol. The van der Waals surface area contributed by atoms with E-state index >= 15 is 0 Å². The van der Waals surface area contributed by atoms with E-state index in [1.165, 1.54) is 12.8 Å². The molecule has 1 aromatic carbocycles. The Hall–Kier alpha value is -3.74. The lowest BCUT2D eigenvalue weighted by molar-refractivity contribution is 0.571. The van der Waals surface area contributed by atoms with Crippen LogP contribution >= 0.6 is 0 Å². The van der Waals surface area contributed by atoms with Crippen LogP contribution in [0.5, 0.6) is 0 Å². The molecule has 0 radical (unpaired) electrons. The lowest BCUT2D eigenvalue weighted by Gasteiger charge is -2.11. The second-order valence-electron chi connectivity index (χ2n) is 8.50. The zero-order chi connectivity index (χ0) is 22.2. The number of benzene rings is 1. The molecule has 1 aliphatic rings. The van der Waals surface area contributed by atoms with Crippen molar-refractivity contribution in [1.82, 2.24) is 29.5 Å². The molecule has 0 atom stereocenters. The van der Waals surface area contributed by atoms with Gasteiger partial charge >= 0.3 is 0 Å². The first-order valence-corrected chi connectivity index (χ1v) is 10.9. The van der Waals surface area contributed by atoms with Crippen molar-refractivity contribution in [2.45, 2.75) is 40.2 Å². The average molecular weight is 426 g/mol. The molecule has 0 saturated heterocycles. The number of aromatic nitrogens is 6. The summed E-state index contributed by atoms with van der Waals surface area (Å²) in [7, 11) is 0. The molecule has 4 aromatic rings. The van der Waals surface area contributed by atoms with Gasteiger partial charge in [0.15, 0.2) is 5.82 Å². The molecule has 0 unspecified atom stereocenters. The number of hydrogen-bond donors (Lipinski definition) is 1. The van der Waals surface area contributed by atoms with E-state index in [-0.39, 0.29) is 0 Å². The highest BCUT2D eigenvalue weighted by Crippen LogP contribution is 2.35. The van der Waals surface area contributed by atoms with Crippen LogP contribution in [0.4, 0.5) is 11.6 Å². The molecule has 1 fully saturated rings. The highest BCUT2D eigenvalue weighted by atomic mass is 15.4. The van der Waals surface area contributed by atoms with Crippen molar-refractivity contribution >= 4 is 17.7 Å². The van der Waals surface area contributed by atoms with Gasteiger partial charge in [0.25, 0.3) is 0 Å². The van der Waals surface area contributed by atoms with Crippen LogP contribution in [0.3, 0.4) is 0 Å². The van der Waals surface area contributed by atoms with Crippen molar-refractivity contribution < 1.29 is 0 Å². The standard InChI is InChI=1S/C25H27N7/c1-5-19-8-10-21(11-9-19)24-18(4)25(31(30-24)14-20-6-7-20)28-22-13-23(27-15-26-22)32-17(3)12-16(2)29-32/h5,8-13,15,20H,1,6-7,14H2,2-4H3,(H,26,27,28). The minimum atomic E-state index is 0.696. The molecule has 0 spiro atoms. The highest BCUT2D eigenvalue weighted by molar-refractivity contribution is 5.72. The summed E-state index contributed by atoms with van der Waals surface area (Å²) in [5.41, 5.74) is 6.27. The van der Waals surface area contributed by atoms with Crippen molar-refractivity contribution in [2.75, 3.05) is 5.32 Å². The quantitative estimate of drug-likeness (QED) is 0.438. The summed E-state index contributed by atoms with van der Waals surface area (Å²) in [5.74, 6) is 3.12.